The van der Waals surface area contributed by atoms with Gasteiger partial charge in [-0.1, -0.05) is 15.9 Å². The maximum absolute atomic E-state index is 11.1. The highest BCUT2D eigenvalue weighted by atomic mass is 79.9. The number of methoxy groups -OCH3 is 1. The van der Waals surface area contributed by atoms with Crippen molar-refractivity contribution in [3.63, 3.8) is 0 Å². The molecule has 1 aromatic carbocycles. The molecule has 0 N–H and O–H groups in total. The third kappa shape index (κ3) is 4.13. The molecule has 0 unspecified atom stereocenters. The van der Waals surface area contributed by atoms with Gasteiger partial charge in [-0.25, -0.2) is 0 Å². The van der Waals surface area contributed by atoms with E-state index < -0.39 is 0 Å². The molecule has 0 aliphatic carbocycles. The highest BCUT2D eigenvalue weighted by molar-refractivity contribution is 9.10. The lowest BCUT2D eigenvalue weighted by molar-refractivity contribution is 0.112. The largest absolute Gasteiger partial charge is 0.383 e. The number of hydrogen-bond donors (Lipinski definition) is 0. The van der Waals surface area contributed by atoms with Crippen molar-refractivity contribution in [2.75, 3.05) is 31.7 Å². The van der Waals surface area contributed by atoms with E-state index in [1.165, 1.54) is 0 Å². The van der Waals surface area contributed by atoms with Crippen LogP contribution in [0.4, 0.5) is 5.69 Å². The average Bonchev–Trinajstić information content (AvgIpc) is 2.39. The second-order valence-corrected chi connectivity index (χ2v) is 4.62. The Labute approximate surface area is 115 Å². The Morgan fingerprint density at radius 2 is 2.28 bits per heavy atom. The molecule has 5 heteroatoms. The lowest BCUT2D eigenvalue weighted by atomic mass is 10.1. The Morgan fingerprint density at radius 3 is 2.89 bits per heavy atom. The number of nitrogens with zero attached hydrogens (tertiary/aromatic N) is 2. The standard InChI is InChI=1S/C13H15BrN2O2/c1-18-8-7-16(6-2-5-15)13-4-3-12(14)9-11(13)10-17/h3-4,9-10H,2,6-8H2,1H3. The van der Waals surface area contributed by atoms with E-state index in [1.807, 2.05) is 17.0 Å². The van der Waals surface area contributed by atoms with E-state index in [4.69, 9.17) is 10.00 Å². The highest BCUT2D eigenvalue weighted by Gasteiger charge is 2.11. The monoisotopic (exact) mass is 310 g/mol. The average molecular weight is 311 g/mol. The Hall–Kier alpha value is -1.38. The summed E-state index contributed by atoms with van der Waals surface area (Å²) in [4.78, 5) is 13.1. The Balaban J connectivity index is 2.95. The van der Waals surface area contributed by atoms with E-state index in [-0.39, 0.29) is 0 Å². The number of carbonyl (C=O) groups excluding carboxylic acids is 1. The van der Waals surface area contributed by atoms with Gasteiger partial charge < -0.3 is 9.64 Å². The van der Waals surface area contributed by atoms with E-state index in [2.05, 4.69) is 22.0 Å². The first-order chi connectivity index (χ1) is 8.72. The number of benzene rings is 1. The van der Waals surface area contributed by atoms with Crippen LogP contribution >= 0.6 is 15.9 Å². The van der Waals surface area contributed by atoms with Gasteiger partial charge in [0, 0.05) is 35.9 Å². The molecular weight excluding hydrogens is 296 g/mol. The fourth-order valence-corrected chi connectivity index (χ4v) is 2.03. The van der Waals surface area contributed by atoms with Crippen molar-refractivity contribution in [3.05, 3.63) is 28.2 Å². The zero-order valence-electron chi connectivity index (χ0n) is 10.2. The summed E-state index contributed by atoms with van der Waals surface area (Å²) in [5.41, 5.74) is 1.44. The summed E-state index contributed by atoms with van der Waals surface area (Å²) in [5.74, 6) is 0. The molecule has 0 heterocycles. The Morgan fingerprint density at radius 1 is 1.50 bits per heavy atom. The molecule has 0 fully saturated rings. The topological polar surface area (TPSA) is 53.3 Å². The smallest absolute Gasteiger partial charge is 0.152 e. The first kappa shape index (κ1) is 14.7. The summed E-state index contributed by atoms with van der Waals surface area (Å²) in [5, 5.41) is 8.67. The highest BCUT2D eigenvalue weighted by Crippen LogP contribution is 2.23. The summed E-state index contributed by atoms with van der Waals surface area (Å²) in [6, 6.07) is 7.64. The minimum atomic E-state index is 0.415. The Kier molecular flexibility index (Phi) is 6.40. The molecule has 1 rings (SSSR count). The number of anilines is 1. The van der Waals surface area contributed by atoms with Gasteiger partial charge in [0.05, 0.1) is 19.1 Å². The number of aldehydes is 1. The predicted octanol–water partition coefficient (Wildman–Crippen LogP) is 2.63. The maximum Gasteiger partial charge on any atom is 0.152 e. The van der Waals surface area contributed by atoms with Gasteiger partial charge in [0.15, 0.2) is 6.29 Å². The van der Waals surface area contributed by atoms with Crippen LogP contribution in [0.5, 0.6) is 0 Å². The lowest BCUT2D eigenvalue weighted by Gasteiger charge is -2.25. The van der Waals surface area contributed by atoms with Crippen molar-refractivity contribution < 1.29 is 9.53 Å². The first-order valence-electron chi connectivity index (χ1n) is 5.58. The zero-order chi connectivity index (χ0) is 13.4. The normalized spacial score (nSPS) is 9.83. The van der Waals surface area contributed by atoms with Gasteiger partial charge in [-0.3, -0.25) is 4.79 Å². The van der Waals surface area contributed by atoms with Crippen LogP contribution in [0.2, 0.25) is 0 Å². The van der Waals surface area contributed by atoms with Crippen LogP contribution in [0.3, 0.4) is 0 Å². The van der Waals surface area contributed by atoms with Crippen LogP contribution < -0.4 is 4.90 Å². The summed E-state index contributed by atoms with van der Waals surface area (Å²) < 4.78 is 5.91. The van der Waals surface area contributed by atoms with Crippen molar-refractivity contribution in [1.82, 2.24) is 0 Å². The van der Waals surface area contributed by atoms with Crippen LogP contribution in [0, 0.1) is 11.3 Å². The van der Waals surface area contributed by atoms with Crippen LogP contribution in [-0.2, 0) is 4.74 Å². The molecule has 0 aliphatic heterocycles. The number of carbonyl (C=O) groups is 1. The molecule has 1 aromatic rings. The molecule has 0 radical (unpaired) electrons. The van der Waals surface area contributed by atoms with Gasteiger partial charge >= 0.3 is 0 Å². The predicted molar refractivity (Wildman–Crippen MR) is 73.8 cm³/mol. The molecule has 0 spiro atoms. The van der Waals surface area contributed by atoms with Crippen molar-refractivity contribution in [3.8, 4) is 6.07 Å². The van der Waals surface area contributed by atoms with Gasteiger partial charge in [-0.15, -0.1) is 0 Å². The van der Waals surface area contributed by atoms with Gasteiger partial charge in [0.25, 0.3) is 0 Å². The molecule has 4 nitrogen and oxygen atoms in total. The number of halogens is 1. The second-order valence-electron chi connectivity index (χ2n) is 3.71. The fourth-order valence-electron chi connectivity index (χ4n) is 1.65. The van der Waals surface area contributed by atoms with Crippen molar-refractivity contribution >= 4 is 27.9 Å². The van der Waals surface area contributed by atoms with E-state index in [1.54, 1.807) is 13.2 Å². The quantitative estimate of drug-likeness (QED) is 0.726. The van der Waals surface area contributed by atoms with E-state index >= 15 is 0 Å². The third-order valence-corrected chi connectivity index (χ3v) is 3.01. The molecular formula is C13H15BrN2O2. The molecule has 0 aliphatic rings. The third-order valence-electron chi connectivity index (χ3n) is 2.52. The van der Waals surface area contributed by atoms with Gasteiger partial charge in [-0.05, 0) is 18.2 Å². The number of rotatable bonds is 7. The number of nitriles is 1. The molecule has 18 heavy (non-hydrogen) atoms. The van der Waals surface area contributed by atoms with E-state index in [9.17, 15) is 4.79 Å². The molecule has 0 aromatic heterocycles. The zero-order valence-corrected chi connectivity index (χ0v) is 11.8. The van der Waals surface area contributed by atoms with Crippen molar-refractivity contribution in [2.24, 2.45) is 0 Å². The molecule has 0 amide bonds. The van der Waals surface area contributed by atoms with Gasteiger partial charge in [0.2, 0.25) is 0 Å². The Bertz CT molecular complexity index is 443. The van der Waals surface area contributed by atoms with Crippen LogP contribution in [0.1, 0.15) is 16.8 Å². The molecule has 0 bridgehead atoms. The van der Waals surface area contributed by atoms with Crippen LogP contribution in [0.25, 0.3) is 0 Å². The summed E-state index contributed by atoms with van der Waals surface area (Å²) in [6.07, 6.45) is 1.24. The molecule has 0 atom stereocenters. The van der Waals surface area contributed by atoms with Crippen LogP contribution in [-0.4, -0.2) is 33.1 Å². The van der Waals surface area contributed by atoms with E-state index in [0.29, 0.717) is 31.7 Å². The lowest BCUT2D eigenvalue weighted by Crippen LogP contribution is -2.29. The fraction of sp³-hybridized carbons (Fsp3) is 0.385. The SMILES string of the molecule is COCCN(CCC#N)c1ccc(Br)cc1C=O. The summed E-state index contributed by atoms with van der Waals surface area (Å²) in [7, 11) is 1.63. The summed E-state index contributed by atoms with van der Waals surface area (Å²) in [6.45, 7) is 1.79. The second kappa shape index (κ2) is 7.85. The van der Waals surface area contributed by atoms with E-state index in [0.717, 1.165) is 16.4 Å². The summed E-state index contributed by atoms with van der Waals surface area (Å²) >= 11 is 3.34. The van der Waals surface area contributed by atoms with Gasteiger partial charge in [0.1, 0.15) is 0 Å². The molecule has 0 saturated carbocycles. The van der Waals surface area contributed by atoms with Crippen molar-refractivity contribution in [1.29, 1.82) is 5.26 Å². The first-order valence-corrected chi connectivity index (χ1v) is 6.37. The number of hydrogen-bond acceptors (Lipinski definition) is 4. The number of ether oxygens (including phenoxy) is 1. The maximum atomic E-state index is 11.1. The van der Waals surface area contributed by atoms with Crippen LogP contribution in [0.15, 0.2) is 22.7 Å². The minimum Gasteiger partial charge on any atom is -0.383 e. The van der Waals surface area contributed by atoms with Gasteiger partial charge in [-0.2, -0.15) is 5.26 Å². The molecule has 0 saturated heterocycles. The van der Waals surface area contributed by atoms with Crippen molar-refractivity contribution in [2.45, 2.75) is 6.42 Å². The molecule has 96 valence electrons. The minimum absolute atomic E-state index is 0.415.